The molecule has 0 aliphatic heterocycles. The minimum Gasteiger partial charge on any atom is -0.493 e. The lowest BCUT2D eigenvalue weighted by Crippen LogP contribution is -2.32. The van der Waals surface area contributed by atoms with E-state index in [9.17, 15) is 0 Å². The molecule has 0 aromatic heterocycles. The van der Waals surface area contributed by atoms with Gasteiger partial charge in [0, 0.05) is 6.04 Å². The van der Waals surface area contributed by atoms with E-state index in [2.05, 4.69) is 19.3 Å². The smallest absolute Gasteiger partial charge is 0.179 e. The van der Waals surface area contributed by atoms with Gasteiger partial charge in [0.15, 0.2) is 11.5 Å². The molecule has 0 aliphatic carbocycles. The Morgan fingerprint density at radius 2 is 2.00 bits per heavy atom. The van der Waals surface area contributed by atoms with Crippen LogP contribution in [0.15, 0.2) is 12.1 Å². The van der Waals surface area contributed by atoms with Gasteiger partial charge in [0.05, 0.1) is 19.2 Å². The minimum atomic E-state index is 0.0345. The van der Waals surface area contributed by atoms with Crippen LogP contribution in [-0.4, -0.2) is 14.2 Å². The van der Waals surface area contributed by atoms with Gasteiger partial charge >= 0.3 is 0 Å². The fraction of sp³-hybridized carbons (Fsp3) is 0.538. The van der Waals surface area contributed by atoms with Crippen molar-refractivity contribution < 1.29 is 9.47 Å². The van der Waals surface area contributed by atoms with Crippen molar-refractivity contribution in [1.29, 1.82) is 0 Å². The predicted octanol–water partition coefficient (Wildman–Crippen LogP) is 2.91. The molecular formula is C13H21ClN2O2. The molecule has 0 heterocycles. The predicted molar refractivity (Wildman–Crippen MR) is 74.1 cm³/mol. The summed E-state index contributed by atoms with van der Waals surface area (Å²) in [6, 6.07) is 3.80. The Morgan fingerprint density at radius 1 is 1.33 bits per heavy atom. The van der Waals surface area contributed by atoms with Crippen LogP contribution in [0.2, 0.25) is 5.02 Å². The van der Waals surface area contributed by atoms with Crippen molar-refractivity contribution in [3.8, 4) is 11.5 Å². The third-order valence-corrected chi connectivity index (χ3v) is 3.49. The van der Waals surface area contributed by atoms with E-state index < -0.39 is 0 Å². The highest BCUT2D eigenvalue weighted by Gasteiger charge is 2.20. The summed E-state index contributed by atoms with van der Waals surface area (Å²) >= 11 is 6.19. The van der Waals surface area contributed by atoms with Crippen LogP contribution in [0, 0.1) is 5.92 Å². The molecule has 0 amide bonds. The third-order valence-electron chi connectivity index (χ3n) is 3.21. The molecule has 0 saturated heterocycles. The van der Waals surface area contributed by atoms with E-state index in [4.69, 9.17) is 26.9 Å². The van der Waals surface area contributed by atoms with Crippen LogP contribution >= 0.6 is 11.6 Å². The summed E-state index contributed by atoms with van der Waals surface area (Å²) in [5, 5.41) is 0.524. The maximum absolute atomic E-state index is 6.19. The zero-order chi connectivity index (χ0) is 13.7. The Kier molecular flexibility index (Phi) is 5.72. The maximum atomic E-state index is 6.19. The molecule has 0 aliphatic rings. The first-order valence-electron chi connectivity index (χ1n) is 5.96. The third kappa shape index (κ3) is 3.07. The summed E-state index contributed by atoms with van der Waals surface area (Å²) in [5.41, 5.74) is 3.82. The standard InChI is InChI=1S/C13H21ClN2O2/c1-5-8(2)12(16-15)9-6-10(14)13(18-4)11(7-9)17-3/h6-8,12,16H,5,15H2,1-4H3. The molecular weight excluding hydrogens is 252 g/mol. The molecule has 18 heavy (non-hydrogen) atoms. The number of benzene rings is 1. The van der Waals surface area contributed by atoms with Crippen LogP contribution in [0.1, 0.15) is 31.9 Å². The molecule has 2 unspecified atom stereocenters. The summed E-state index contributed by atoms with van der Waals surface area (Å²) in [6.07, 6.45) is 1.01. The van der Waals surface area contributed by atoms with Gasteiger partial charge in [-0.05, 0) is 23.6 Å². The summed E-state index contributed by atoms with van der Waals surface area (Å²) in [7, 11) is 3.16. The van der Waals surface area contributed by atoms with Gasteiger partial charge in [0.2, 0.25) is 0 Å². The molecule has 0 saturated carbocycles. The van der Waals surface area contributed by atoms with Crippen molar-refractivity contribution in [1.82, 2.24) is 5.43 Å². The molecule has 4 nitrogen and oxygen atoms in total. The van der Waals surface area contributed by atoms with E-state index in [-0.39, 0.29) is 6.04 Å². The molecule has 5 heteroatoms. The zero-order valence-corrected chi connectivity index (χ0v) is 12.0. The van der Waals surface area contributed by atoms with Gasteiger partial charge in [-0.15, -0.1) is 0 Å². The average molecular weight is 273 g/mol. The fourth-order valence-corrected chi connectivity index (χ4v) is 2.24. The average Bonchev–Trinajstić information content (AvgIpc) is 2.38. The number of hydrazine groups is 1. The van der Waals surface area contributed by atoms with Gasteiger partial charge in [-0.1, -0.05) is 31.9 Å². The van der Waals surface area contributed by atoms with Crippen molar-refractivity contribution in [2.45, 2.75) is 26.3 Å². The molecule has 2 atom stereocenters. The van der Waals surface area contributed by atoms with Crippen LogP contribution < -0.4 is 20.7 Å². The van der Waals surface area contributed by atoms with Gasteiger partial charge in [0.1, 0.15) is 0 Å². The number of hydrogen-bond acceptors (Lipinski definition) is 4. The Morgan fingerprint density at radius 3 is 2.44 bits per heavy atom. The summed E-state index contributed by atoms with van der Waals surface area (Å²) < 4.78 is 10.5. The number of hydrogen-bond donors (Lipinski definition) is 2. The lowest BCUT2D eigenvalue weighted by molar-refractivity contribution is 0.349. The number of ether oxygens (including phenoxy) is 2. The van der Waals surface area contributed by atoms with Gasteiger partial charge in [-0.3, -0.25) is 11.3 Å². The Balaban J connectivity index is 3.20. The number of nitrogens with two attached hydrogens (primary N) is 1. The van der Waals surface area contributed by atoms with Crippen molar-refractivity contribution in [2.75, 3.05) is 14.2 Å². The minimum absolute atomic E-state index is 0.0345. The molecule has 0 spiro atoms. The fourth-order valence-electron chi connectivity index (χ4n) is 1.94. The summed E-state index contributed by atoms with van der Waals surface area (Å²) in [5.74, 6) is 7.18. The lowest BCUT2D eigenvalue weighted by atomic mass is 9.93. The summed E-state index contributed by atoms with van der Waals surface area (Å²) in [6.45, 7) is 4.26. The quantitative estimate of drug-likeness (QED) is 0.618. The highest BCUT2D eigenvalue weighted by atomic mass is 35.5. The van der Waals surface area contributed by atoms with E-state index in [1.165, 1.54) is 0 Å². The molecule has 1 aromatic rings. The molecule has 0 bridgehead atoms. The highest BCUT2D eigenvalue weighted by Crippen LogP contribution is 2.39. The van der Waals surface area contributed by atoms with Gasteiger partial charge in [-0.2, -0.15) is 0 Å². The van der Waals surface area contributed by atoms with E-state index in [1.54, 1.807) is 14.2 Å². The highest BCUT2D eigenvalue weighted by molar-refractivity contribution is 6.32. The summed E-state index contributed by atoms with van der Waals surface area (Å²) in [4.78, 5) is 0. The van der Waals surface area contributed by atoms with E-state index in [0.29, 0.717) is 22.4 Å². The van der Waals surface area contributed by atoms with Crippen molar-refractivity contribution in [2.24, 2.45) is 11.8 Å². The monoisotopic (exact) mass is 272 g/mol. The second-order valence-electron chi connectivity index (χ2n) is 4.27. The molecule has 102 valence electrons. The topological polar surface area (TPSA) is 56.5 Å². The first kappa shape index (κ1) is 15.1. The van der Waals surface area contributed by atoms with Crippen molar-refractivity contribution >= 4 is 11.6 Å². The Hall–Kier alpha value is -0.970. The molecule has 0 fully saturated rings. The van der Waals surface area contributed by atoms with Crippen LogP contribution in [-0.2, 0) is 0 Å². The molecule has 3 N–H and O–H groups in total. The zero-order valence-electron chi connectivity index (χ0n) is 11.3. The molecule has 1 rings (SSSR count). The van der Waals surface area contributed by atoms with Gasteiger partial charge in [0.25, 0.3) is 0 Å². The Labute approximate surface area is 113 Å². The molecule has 0 radical (unpaired) electrons. The SMILES string of the molecule is CCC(C)C(NN)c1cc(Cl)c(OC)c(OC)c1. The first-order chi connectivity index (χ1) is 8.58. The Bertz CT molecular complexity index is 399. The largest absolute Gasteiger partial charge is 0.493 e. The van der Waals surface area contributed by atoms with E-state index in [1.807, 2.05) is 12.1 Å². The normalized spacial score (nSPS) is 14.1. The number of halogens is 1. The van der Waals surface area contributed by atoms with Crippen LogP contribution in [0.25, 0.3) is 0 Å². The van der Waals surface area contributed by atoms with Crippen LogP contribution in [0.4, 0.5) is 0 Å². The van der Waals surface area contributed by atoms with E-state index >= 15 is 0 Å². The van der Waals surface area contributed by atoms with Gasteiger partial charge in [-0.25, -0.2) is 0 Å². The lowest BCUT2D eigenvalue weighted by Gasteiger charge is -2.24. The number of rotatable bonds is 6. The maximum Gasteiger partial charge on any atom is 0.179 e. The second-order valence-corrected chi connectivity index (χ2v) is 4.68. The van der Waals surface area contributed by atoms with Crippen LogP contribution in [0.3, 0.4) is 0 Å². The van der Waals surface area contributed by atoms with Crippen molar-refractivity contribution in [3.05, 3.63) is 22.7 Å². The van der Waals surface area contributed by atoms with Crippen LogP contribution in [0.5, 0.6) is 11.5 Å². The van der Waals surface area contributed by atoms with Gasteiger partial charge < -0.3 is 9.47 Å². The second kappa shape index (κ2) is 6.83. The van der Waals surface area contributed by atoms with Crippen molar-refractivity contribution in [3.63, 3.8) is 0 Å². The first-order valence-corrected chi connectivity index (χ1v) is 6.34. The van der Waals surface area contributed by atoms with E-state index in [0.717, 1.165) is 12.0 Å². The number of methoxy groups -OCH3 is 2. The molecule has 1 aromatic carbocycles. The number of nitrogens with one attached hydrogen (secondary N) is 1.